The summed E-state index contributed by atoms with van der Waals surface area (Å²) in [4.78, 5) is 19.8. The Morgan fingerprint density at radius 2 is 2.17 bits per heavy atom. The van der Waals surface area contributed by atoms with Crippen LogP contribution in [-0.2, 0) is 4.74 Å². The number of nitrogens with zero attached hydrogens (tertiary/aromatic N) is 2. The summed E-state index contributed by atoms with van der Waals surface area (Å²) in [5, 5.41) is 1.51. The summed E-state index contributed by atoms with van der Waals surface area (Å²) in [7, 11) is 1.53. The standard InChI is InChI=1S/C26H23ClFN3O4S/c1-33-25-7-2-16(12-29-25)20-11-18(4-5-22(20)28)35-15-19-13-31(8-9-34-19)36-26-21-10-17(27)3-6-23(21)30-24(26)14-32/h2-7,10-12,14,19,30H,8-9,13,15H2,1H3. The number of hydrogen-bond acceptors (Lipinski definition) is 7. The zero-order valence-corrected chi connectivity index (χ0v) is 20.9. The largest absolute Gasteiger partial charge is 0.491 e. The minimum absolute atomic E-state index is 0.198. The molecular formula is C26H23ClFN3O4S. The number of hydrogen-bond donors (Lipinski definition) is 1. The first kappa shape index (κ1) is 24.6. The van der Waals surface area contributed by atoms with E-state index in [0.717, 1.165) is 22.1 Å². The third kappa shape index (κ3) is 5.34. The van der Waals surface area contributed by atoms with Crippen LogP contribution in [0.1, 0.15) is 10.5 Å². The minimum atomic E-state index is -0.365. The Morgan fingerprint density at radius 3 is 2.94 bits per heavy atom. The van der Waals surface area contributed by atoms with Gasteiger partial charge in [-0.05, 0) is 54.4 Å². The van der Waals surface area contributed by atoms with Gasteiger partial charge in [-0.3, -0.25) is 4.79 Å². The fourth-order valence-corrected chi connectivity index (χ4v) is 5.31. The van der Waals surface area contributed by atoms with E-state index < -0.39 is 0 Å². The van der Waals surface area contributed by atoms with Crippen LogP contribution in [0, 0.1) is 5.82 Å². The van der Waals surface area contributed by atoms with Crippen LogP contribution in [0.15, 0.2) is 59.6 Å². The smallest absolute Gasteiger partial charge is 0.212 e. The Labute approximate surface area is 216 Å². The van der Waals surface area contributed by atoms with E-state index >= 15 is 0 Å². The lowest BCUT2D eigenvalue weighted by atomic mass is 10.1. The molecule has 0 bridgehead atoms. The second-order valence-electron chi connectivity index (χ2n) is 8.19. The molecule has 3 heterocycles. The molecule has 1 unspecified atom stereocenters. The van der Waals surface area contributed by atoms with E-state index in [2.05, 4.69) is 14.3 Å². The highest BCUT2D eigenvalue weighted by Gasteiger charge is 2.24. The van der Waals surface area contributed by atoms with Crippen molar-refractivity contribution in [2.75, 3.05) is 33.4 Å². The average Bonchev–Trinajstić information content (AvgIpc) is 3.25. The van der Waals surface area contributed by atoms with E-state index in [4.69, 9.17) is 25.8 Å². The van der Waals surface area contributed by atoms with Gasteiger partial charge in [0.1, 0.15) is 24.3 Å². The first-order valence-corrected chi connectivity index (χ1v) is 12.4. The number of H-pyrrole nitrogens is 1. The summed E-state index contributed by atoms with van der Waals surface area (Å²) >= 11 is 7.69. The van der Waals surface area contributed by atoms with Crippen LogP contribution in [0.5, 0.6) is 11.6 Å². The highest BCUT2D eigenvalue weighted by molar-refractivity contribution is 7.97. The van der Waals surface area contributed by atoms with Gasteiger partial charge in [-0.1, -0.05) is 11.6 Å². The molecule has 2 aromatic carbocycles. The Bertz CT molecular complexity index is 1380. The second-order valence-corrected chi connectivity index (χ2v) is 9.73. The highest BCUT2D eigenvalue weighted by atomic mass is 35.5. The molecule has 0 amide bonds. The lowest BCUT2D eigenvalue weighted by Crippen LogP contribution is -2.41. The van der Waals surface area contributed by atoms with Crippen molar-refractivity contribution >= 4 is 40.7 Å². The first-order valence-electron chi connectivity index (χ1n) is 11.3. The molecule has 186 valence electrons. The summed E-state index contributed by atoms with van der Waals surface area (Å²) in [5.74, 6) is 0.625. The molecule has 0 aliphatic carbocycles. The van der Waals surface area contributed by atoms with E-state index in [0.29, 0.717) is 59.8 Å². The van der Waals surface area contributed by atoms with Gasteiger partial charge in [0.05, 0.1) is 24.3 Å². The predicted molar refractivity (Wildman–Crippen MR) is 138 cm³/mol. The number of fused-ring (bicyclic) bond motifs is 1. The van der Waals surface area contributed by atoms with Crippen molar-refractivity contribution in [2.45, 2.75) is 11.0 Å². The van der Waals surface area contributed by atoms with Crippen LogP contribution in [0.25, 0.3) is 22.0 Å². The number of aromatic nitrogens is 2. The maximum Gasteiger partial charge on any atom is 0.212 e. The van der Waals surface area contributed by atoms with Gasteiger partial charge in [-0.25, -0.2) is 13.7 Å². The van der Waals surface area contributed by atoms with Crippen LogP contribution in [0.2, 0.25) is 5.02 Å². The normalized spacial score (nSPS) is 16.2. The number of benzene rings is 2. The lowest BCUT2D eigenvalue weighted by molar-refractivity contribution is -0.0224. The molecule has 1 aliphatic heterocycles. The number of ether oxygens (including phenoxy) is 3. The molecule has 10 heteroatoms. The fraction of sp³-hybridized carbons (Fsp3) is 0.231. The number of nitrogens with one attached hydrogen (secondary N) is 1. The Kier molecular flexibility index (Phi) is 7.43. The topological polar surface area (TPSA) is 76.7 Å². The number of carbonyl (C=O) groups is 1. The van der Waals surface area contributed by atoms with Gasteiger partial charge in [0.2, 0.25) is 5.88 Å². The number of halogens is 2. The molecule has 0 radical (unpaired) electrons. The van der Waals surface area contributed by atoms with Crippen LogP contribution < -0.4 is 9.47 Å². The average molecular weight is 528 g/mol. The summed E-state index contributed by atoms with van der Waals surface area (Å²) in [6.07, 6.45) is 2.18. The first-order chi connectivity index (χ1) is 17.5. The van der Waals surface area contributed by atoms with Crippen molar-refractivity contribution in [3.05, 3.63) is 71.3 Å². The number of rotatable bonds is 8. The number of carbonyl (C=O) groups excluding carboxylic acids is 1. The molecule has 1 fully saturated rings. The van der Waals surface area contributed by atoms with E-state index in [1.165, 1.54) is 25.1 Å². The third-order valence-corrected chi connectivity index (χ3v) is 7.26. The zero-order chi connectivity index (χ0) is 25.1. The monoisotopic (exact) mass is 527 g/mol. The maximum absolute atomic E-state index is 14.5. The highest BCUT2D eigenvalue weighted by Crippen LogP contribution is 2.35. The van der Waals surface area contributed by atoms with Gasteiger partial charge in [0, 0.05) is 52.4 Å². The molecule has 36 heavy (non-hydrogen) atoms. The van der Waals surface area contributed by atoms with Gasteiger partial charge >= 0.3 is 0 Å². The maximum atomic E-state index is 14.5. The Hall–Kier alpha value is -3.11. The fourth-order valence-electron chi connectivity index (χ4n) is 4.01. The van der Waals surface area contributed by atoms with Crippen molar-refractivity contribution in [3.63, 3.8) is 0 Å². The van der Waals surface area contributed by atoms with E-state index in [-0.39, 0.29) is 11.9 Å². The molecule has 5 rings (SSSR count). The predicted octanol–water partition coefficient (Wildman–Crippen LogP) is 5.63. The van der Waals surface area contributed by atoms with E-state index in [1.807, 2.05) is 12.1 Å². The van der Waals surface area contributed by atoms with Crippen molar-refractivity contribution < 1.29 is 23.4 Å². The molecule has 7 nitrogen and oxygen atoms in total. The van der Waals surface area contributed by atoms with Crippen LogP contribution in [0.4, 0.5) is 4.39 Å². The summed E-state index contributed by atoms with van der Waals surface area (Å²) < 4.78 is 33.6. The van der Waals surface area contributed by atoms with Gasteiger partial charge in [-0.2, -0.15) is 0 Å². The number of aldehydes is 1. The molecule has 0 spiro atoms. The van der Waals surface area contributed by atoms with E-state index in [9.17, 15) is 9.18 Å². The van der Waals surface area contributed by atoms with Gasteiger partial charge in [-0.15, -0.1) is 0 Å². The number of aromatic amines is 1. The van der Waals surface area contributed by atoms with Crippen LogP contribution in [0.3, 0.4) is 0 Å². The van der Waals surface area contributed by atoms with Gasteiger partial charge < -0.3 is 19.2 Å². The van der Waals surface area contributed by atoms with Gasteiger partial charge in [0.25, 0.3) is 0 Å². The SMILES string of the molecule is COc1ccc(-c2cc(OCC3CN(Sc4c(C=O)[nH]c5ccc(Cl)cc45)CCO3)ccc2F)cn1. The second kappa shape index (κ2) is 10.9. The molecule has 1 aliphatic rings. The Balaban J connectivity index is 1.25. The van der Waals surface area contributed by atoms with E-state index in [1.54, 1.807) is 36.5 Å². The summed E-state index contributed by atoms with van der Waals surface area (Å²) in [6, 6.07) is 13.6. The summed E-state index contributed by atoms with van der Waals surface area (Å²) in [6.45, 7) is 2.10. The molecule has 1 N–H and O–H groups in total. The number of methoxy groups -OCH3 is 1. The number of morpholine rings is 1. The molecule has 2 aromatic heterocycles. The van der Waals surface area contributed by atoms with Crippen molar-refractivity contribution in [1.82, 2.24) is 14.3 Å². The van der Waals surface area contributed by atoms with Crippen molar-refractivity contribution in [1.29, 1.82) is 0 Å². The lowest BCUT2D eigenvalue weighted by Gasteiger charge is -2.31. The van der Waals surface area contributed by atoms with Crippen molar-refractivity contribution in [3.8, 4) is 22.8 Å². The minimum Gasteiger partial charge on any atom is -0.491 e. The number of pyridine rings is 1. The molecule has 0 saturated carbocycles. The summed E-state index contributed by atoms with van der Waals surface area (Å²) in [5.41, 5.74) is 2.39. The third-order valence-electron chi connectivity index (χ3n) is 5.81. The van der Waals surface area contributed by atoms with Crippen LogP contribution in [-0.4, -0.2) is 60.1 Å². The van der Waals surface area contributed by atoms with Gasteiger partial charge in [0.15, 0.2) is 6.29 Å². The molecule has 1 saturated heterocycles. The Morgan fingerprint density at radius 1 is 1.28 bits per heavy atom. The van der Waals surface area contributed by atoms with Crippen LogP contribution >= 0.6 is 23.5 Å². The van der Waals surface area contributed by atoms with Crippen molar-refractivity contribution in [2.24, 2.45) is 0 Å². The zero-order valence-electron chi connectivity index (χ0n) is 19.4. The molecular weight excluding hydrogens is 505 g/mol. The quantitative estimate of drug-likeness (QED) is 0.235. The molecule has 1 atom stereocenters. The molecule has 4 aromatic rings.